The Morgan fingerprint density at radius 2 is 1.67 bits per heavy atom. The molecule has 10 heteroatoms. The molecule has 0 bridgehead atoms. The highest BCUT2D eigenvalue weighted by atomic mass is 35.5. The maximum absolute atomic E-state index is 12.6. The molecule has 1 aromatic heterocycles. The first-order chi connectivity index (χ1) is 17.4. The first-order valence-electron chi connectivity index (χ1n) is 10.7. The molecular formula is C26H20ClN3O5S. The van der Waals surface area contributed by atoms with E-state index in [0.717, 1.165) is 10.1 Å². The van der Waals surface area contributed by atoms with Gasteiger partial charge in [0, 0.05) is 15.6 Å². The lowest BCUT2D eigenvalue weighted by Gasteiger charge is -2.05. The number of carbonyl (C=O) groups is 3. The highest BCUT2D eigenvalue weighted by Gasteiger charge is 2.18. The van der Waals surface area contributed by atoms with Crippen LogP contribution in [0.3, 0.4) is 0 Å². The first kappa shape index (κ1) is 24.9. The molecule has 8 nitrogen and oxygen atoms in total. The van der Waals surface area contributed by atoms with Gasteiger partial charge in [-0.1, -0.05) is 29.8 Å². The molecule has 182 valence electrons. The van der Waals surface area contributed by atoms with Gasteiger partial charge >= 0.3 is 5.97 Å². The van der Waals surface area contributed by atoms with Crippen molar-refractivity contribution in [1.29, 1.82) is 0 Å². The molecule has 4 aromatic rings. The van der Waals surface area contributed by atoms with E-state index in [2.05, 4.69) is 15.8 Å². The minimum absolute atomic E-state index is 0.239. The van der Waals surface area contributed by atoms with Crippen molar-refractivity contribution in [3.8, 4) is 11.5 Å². The summed E-state index contributed by atoms with van der Waals surface area (Å²) in [6, 6.07) is 20.6. The molecule has 0 spiro atoms. The summed E-state index contributed by atoms with van der Waals surface area (Å²) in [6.07, 6.45) is 1.43. The lowest BCUT2D eigenvalue weighted by atomic mass is 10.2. The number of hydrogen-bond donors (Lipinski definition) is 2. The molecule has 3 aromatic carbocycles. The van der Waals surface area contributed by atoms with Crippen LogP contribution in [0.15, 0.2) is 77.9 Å². The summed E-state index contributed by atoms with van der Waals surface area (Å²) in [5.41, 5.74) is 3.41. The van der Waals surface area contributed by atoms with Gasteiger partial charge < -0.3 is 14.8 Å². The standard InChI is InChI=1S/C26H20ClN3O5S/c1-34-18-12-8-17(9-13-18)25(32)28-15-22(31)30-29-14-16-6-10-19(11-7-16)35-26(33)24-23(27)20-4-2-3-5-21(20)36-24/h2-14H,15H2,1H3,(H,28,32)(H,30,31)/b29-14+. The minimum Gasteiger partial charge on any atom is -0.497 e. The number of amides is 2. The predicted octanol–water partition coefficient (Wildman–Crippen LogP) is 4.66. The van der Waals surface area contributed by atoms with Crippen molar-refractivity contribution in [3.05, 3.63) is 93.8 Å². The van der Waals surface area contributed by atoms with E-state index in [0.29, 0.717) is 32.5 Å². The topological polar surface area (TPSA) is 106 Å². The maximum Gasteiger partial charge on any atom is 0.355 e. The number of ether oxygens (including phenoxy) is 2. The summed E-state index contributed by atoms with van der Waals surface area (Å²) in [4.78, 5) is 36.9. The van der Waals surface area contributed by atoms with Gasteiger partial charge in [-0.15, -0.1) is 11.3 Å². The van der Waals surface area contributed by atoms with Crippen LogP contribution >= 0.6 is 22.9 Å². The molecule has 0 atom stereocenters. The largest absolute Gasteiger partial charge is 0.497 e. The highest BCUT2D eigenvalue weighted by Crippen LogP contribution is 2.35. The van der Waals surface area contributed by atoms with E-state index in [9.17, 15) is 14.4 Å². The van der Waals surface area contributed by atoms with Crippen LogP contribution in [0.1, 0.15) is 25.6 Å². The second-order valence-corrected chi connectivity index (χ2v) is 8.83. The van der Waals surface area contributed by atoms with Crippen LogP contribution in [0.25, 0.3) is 10.1 Å². The molecule has 0 aliphatic heterocycles. The van der Waals surface area contributed by atoms with Crippen LogP contribution in [0, 0.1) is 0 Å². The number of rotatable bonds is 8. The monoisotopic (exact) mass is 521 g/mol. The number of nitrogens with zero attached hydrogens (tertiary/aromatic N) is 1. The summed E-state index contributed by atoms with van der Waals surface area (Å²) in [6.45, 7) is -0.239. The van der Waals surface area contributed by atoms with E-state index in [1.807, 2.05) is 24.3 Å². The van der Waals surface area contributed by atoms with E-state index in [4.69, 9.17) is 21.1 Å². The molecule has 4 rings (SSSR count). The van der Waals surface area contributed by atoms with Crippen molar-refractivity contribution in [2.45, 2.75) is 0 Å². The van der Waals surface area contributed by atoms with Gasteiger partial charge in [-0.2, -0.15) is 5.10 Å². The Morgan fingerprint density at radius 1 is 0.972 bits per heavy atom. The van der Waals surface area contributed by atoms with Crippen molar-refractivity contribution in [1.82, 2.24) is 10.7 Å². The van der Waals surface area contributed by atoms with Crippen LogP contribution in [0.2, 0.25) is 5.02 Å². The maximum atomic E-state index is 12.6. The summed E-state index contributed by atoms with van der Waals surface area (Å²) in [5, 5.41) is 7.57. The zero-order chi connectivity index (χ0) is 25.5. The summed E-state index contributed by atoms with van der Waals surface area (Å²) in [5.74, 6) is -0.439. The van der Waals surface area contributed by atoms with Crippen LogP contribution in [-0.4, -0.2) is 37.7 Å². The van der Waals surface area contributed by atoms with E-state index in [1.54, 1.807) is 48.5 Å². The van der Waals surface area contributed by atoms with Crippen molar-refractivity contribution >= 4 is 57.0 Å². The van der Waals surface area contributed by atoms with Crippen LogP contribution in [-0.2, 0) is 4.79 Å². The van der Waals surface area contributed by atoms with Gasteiger partial charge in [-0.3, -0.25) is 9.59 Å². The number of halogens is 1. The number of hydrogen-bond acceptors (Lipinski definition) is 7. The number of esters is 1. The normalized spacial score (nSPS) is 10.8. The van der Waals surface area contributed by atoms with Gasteiger partial charge in [0.15, 0.2) is 0 Å². The fourth-order valence-electron chi connectivity index (χ4n) is 3.14. The zero-order valence-corrected chi connectivity index (χ0v) is 20.6. The van der Waals surface area contributed by atoms with Crippen LogP contribution in [0.4, 0.5) is 0 Å². The molecule has 0 fully saturated rings. The highest BCUT2D eigenvalue weighted by molar-refractivity contribution is 7.21. The van der Waals surface area contributed by atoms with Gasteiger partial charge in [-0.25, -0.2) is 10.2 Å². The minimum atomic E-state index is -0.536. The van der Waals surface area contributed by atoms with E-state index in [-0.39, 0.29) is 12.5 Å². The second kappa shape index (κ2) is 11.5. The Bertz CT molecular complexity index is 1430. The number of fused-ring (bicyclic) bond motifs is 1. The Balaban J connectivity index is 1.25. The third-order valence-corrected chi connectivity index (χ3v) is 6.63. The molecular weight excluding hydrogens is 502 g/mol. The number of nitrogens with one attached hydrogen (secondary N) is 2. The molecule has 2 N–H and O–H groups in total. The fraction of sp³-hybridized carbons (Fsp3) is 0.0769. The van der Waals surface area contributed by atoms with Crippen molar-refractivity contribution in [2.75, 3.05) is 13.7 Å². The summed E-state index contributed by atoms with van der Waals surface area (Å²) in [7, 11) is 1.53. The third kappa shape index (κ3) is 6.07. The fourth-order valence-corrected chi connectivity index (χ4v) is 4.53. The SMILES string of the molecule is COc1ccc(C(=O)NCC(=O)N/N=C/c2ccc(OC(=O)c3sc4ccccc4c3Cl)cc2)cc1. The second-order valence-electron chi connectivity index (χ2n) is 7.40. The number of methoxy groups -OCH3 is 1. The molecule has 0 aliphatic carbocycles. The quantitative estimate of drug-likeness (QED) is 0.152. The average Bonchev–Trinajstić information content (AvgIpc) is 3.25. The molecule has 0 aliphatic rings. The van der Waals surface area contributed by atoms with E-state index in [1.165, 1.54) is 24.7 Å². The van der Waals surface area contributed by atoms with Gasteiger partial charge in [0.1, 0.15) is 16.4 Å². The Hall–Kier alpha value is -4.21. The average molecular weight is 522 g/mol. The number of carbonyl (C=O) groups excluding carboxylic acids is 3. The molecule has 1 heterocycles. The summed E-state index contributed by atoms with van der Waals surface area (Å²) >= 11 is 7.61. The first-order valence-corrected chi connectivity index (χ1v) is 11.9. The zero-order valence-electron chi connectivity index (χ0n) is 19.0. The van der Waals surface area contributed by atoms with E-state index < -0.39 is 11.9 Å². The molecule has 2 amide bonds. The third-order valence-electron chi connectivity index (χ3n) is 4.98. The Morgan fingerprint density at radius 3 is 2.36 bits per heavy atom. The van der Waals surface area contributed by atoms with Crippen molar-refractivity contribution < 1.29 is 23.9 Å². The molecule has 0 radical (unpaired) electrons. The van der Waals surface area contributed by atoms with Gasteiger partial charge in [0.25, 0.3) is 11.8 Å². The van der Waals surface area contributed by atoms with Gasteiger partial charge in [0.05, 0.1) is 24.9 Å². The smallest absolute Gasteiger partial charge is 0.355 e. The number of hydrazone groups is 1. The van der Waals surface area contributed by atoms with Crippen LogP contribution in [0.5, 0.6) is 11.5 Å². The summed E-state index contributed by atoms with van der Waals surface area (Å²) < 4.78 is 11.4. The van der Waals surface area contributed by atoms with Crippen molar-refractivity contribution in [3.63, 3.8) is 0 Å². The van der Waals surface area contributed by atoms with Crippen molar-refractivity contribution in [2.24, 2.45) is 5.10 Å². The van der Waals surface area contributed by atoms with E-state index >= 15 is 0 Å². The lowest BCUT2D eigenvalue weighted by Crippen LogP contribution is -2.34. The van der Waals surface area contributed by atoms with Crippen LogP contribution < -0.4 is 20.2 Å². The Labute approximate surface area is 215 Å². The Kier molecular flexibility index (Phi) is 7.94. The number of thiophene rings is 1. The molecule has 0 unspecified atom stereocenters. The number of benzene rings is 3. The molecule has 0 saturated carbocycles. The molecule has 0 saturated heterocycles. The predicted molar refractivity (Wildman–Crippen MR) is 139 cm³/mol. The molecule has 36 heavy (non-hydrogen) atoms. The lowest BCUT2D eigenvalue weighted by molar-refractivity contribution is -0.120. The van der Waals surface area contributed by atoms with Gasteiger partial charge in [-0.05, 0) is 60.2 Å². The van der Waals surface area contributed by atoms with Gasteiger partial charge in [0.2, 0.25) is 0 Å².